The van der Waals surface area contributed by atoms with E-state index in [0.29, 0.717) is 39.8 Å². The molecule has 0 radical (unpaired) electrons. The first kappa shape index (κ1) is 25.1. The van der Waals surface area contributed by atoms with Gasteiger partial charge in [-0.2, -0.15) is 0 Å². The van der Waals surface area contributed by atoms with Gasteiger partial charge in [0.1, 0.15) is 22.3 Å². The maximum Gasteiger partial charge on any atom is 0.258 e. The molecule has 1 amide bonds. The molecule has 2 heterocycles. The molecule has 1 unspecified atom stereocenters. The molecule has 180 valence electrons. The Balaban J connectivity index is 1.97. The van der Waals surface area contributed by atoms with Gasteiger partial charge in [-0.3, -0.25) is 14.0 Å². The van der Waals surface area contributed by atoms with Gasteiger partial charge in [0.2, 0.25) is 0 Å². The highest BCUT2D eigenvalue weighted by molar-refractivity contribution is 7.84. The van der Waals surface area contributed by atoms with Crippen molar-refractivity contribution in [3.8, 4) is 11.5 Å². The van der Waals surface area contributed by atoms with E-state index in [2.05, 4.69) is 15.3 Å². The summed E-state index contributed by atoms with van der Waals surface area (Å²) < 4.78 is 24.1. The Morgan fingerprint density at radius 2 is 1.91 bits per heavy atom. The number of aliphatic hydroxyl groups is 1. The van der Waals surface area contributed by atoms with Crippen LogP contribution in [0.4, 0.5) is 11.5 Å². The van der Waals surface area contributed by atoms with Gasteiger partial charge in [-0.1, -0.05) is 6.07 Å². The molecule has 0 spiro atoms. The van der Waals surface area contributed by atoms with E-state index in [1.165, 1.54) is 13.3 Å². The molecule has 3 aromatic rings. The Hall–Kier alpha value is -3.50. The maximum atomic E-state index is 13.5. The number of nitrogens with one attached hydrogen (secondary N) is 1. The van der Waals surface area contributed by atoms with E-state index in [1.54, 1.807) is 55.3 Å². The number of pyridine rings is 2. The van der Waals surface area contributed by atoms with Gasteiger partial charge in [-0.25, -0.2) is 4.98 Å². The van der Waals surface area contributed by atoms with Crippen molar-refractivity contribution < 1.29 is 23.6 Å². The fraction of sp³-hybridized carbons (Fsp3) is 0.292. The summed E-state index contributed by atoms with van der Waals surface area (Å²) in [5, 5.41) is 12.5. The molecule has 9 nitrogen and oxygen atoms in total. The number of anilines is 2. The lowest BCUT2D eigenvalue weighted by molar-refractivity contribution is 0.102. The second-order valence-electron chi connectivity index (χ2n) is 7.63. The number of benzene rings is 1. The highest BCUT2D eigenvalue weighted by Gasteiger charge is 2.22. The van der Waals surface area contributed by atoms with Crippen molar-refractivity contribution in [3.05, 3.63) is 65.0 Å². The average Bonchev–Trinajstić information content (AvgIpc) is 2.84. The van der Waals surface area contributed by atoms with Crippen LogP contribution in [0.2, 0.25) is 0 Å². The van der Waals surface area contributed by atoms with Crippen LogP contribution in [-0.4, -0.2) is 53.5 Å². The molecule has 0 bridgehead atoms. The number of hydrogen-bond donors (Lipinski definition) is 2. The Labute approximate surface area is 201 Å². The van der Waals surface area contributed by atoms with Crippen molar-refractivity contribution in [1.29, 1.82) is 0 Å². The van der Waals surface area contributed by atoms with Gasteiger partial charge in [0.15, 0.2) is 0 Å². The lowest BCUT2D eigenvalue weighted by Crippen LogP contribution is -2.19. The fourth-order valence-electron chi connectivity index (χ4n) is 3.27. The summed E-state index contributed by atoms with van der Waals surface area (Å²) in [5.74, 6) is 1.37. The number of rotatable bonds is 9. The molecule has 1 aromatic carbocycles. The molecular weight excluding hydrogens is 456 g/mol. The van der Waals surface area contributed by atoms with Crippen LogP contribution in [0.25, 0.3) is 0 Å². The minimum atomic E-state index is -1.65. The van der Waals surface area contributed by atoms with Crippen LogP contribution in [0.5, 0.6) is 11.5 Å². The highest BCUT2D eigenvalue weighted by Crippen LogP contribution is 2.28. The number of methoxy groups -OCH3 is 2. The second kappa shape index (κ2) is 11.1. The summed E-state index contributed by atoms with van der Waals surface area (Å²) in [6.45, 7) is 1.52. The van der Waals surface area contributed by atoms with E-state index in [9.17, 15) is 14.1 Å². The standard InChI is InChI=1S/C24H28N4O5S/c1-15-19(10-11-25-20(15)13-29)26-23(30)18-8-9-22(28(2)3)27-24(18)34(31)14-16-6-7-17(32-4)12-21(16)33-5/h6-12,29H,13-14H2,1-5H3,(H,25,26,30). The van der Waals surface area contributed by atoms with Crippen LogP contribution < -0.4 is 19.7 Å². The highest BCUT2D eigenvalue weighted by atomic mass is 32.2. The predicted molar refractivity (Wildman–Crippen MR) is 131 cm³/mol. The van der Waals surface area contributed by atoms with Crippen molar-refractivity contribution in [1.82, 2.24) is 9.97 Å². The van der Waals surface area contributed by atoms with Gasteiger partial charge < -0.3 is 24.8 Å². The molecule has 0 aliphatic rings. The third kappa shape index (κ3) is 5.52. The molecule has 2 aromatic heterocycles. The number of nitrogens with zero attached hydrogens (tertiary/aromatic N) is 3. The first-order valence-corrected chi connectivity index (χ1v) is 11.7. The van der Waals surface area contributed by atoms with Gasteiger partial charge in [-0.15, -0.1) is 0 Å². The molecule has 34 heavy (non-hydrogen) atoms. The number of carbonyl (C=O) groups is 1. The van der Waals surface area contributed by atoms with E-state index < -0.39 is 16.7 Å². The second-order valence-corrected chi connectivity index (χ2v) is 8.99. The van der Waals surface area contributed by atoms with Crippen LogP contribution in [0.3, 0.4) is 0 Å². The van der Waals surface area contributed by atoms with E-state index in [-0.39, 0.29) is 22.9 Å². The van der Waals surface area contributed by atoms with Crippen molar-refractivity contribution >= 4 is 28.2 Å². The van der Waals surface area contributed by atoms with E-state index >= 15 is 0 Å². The lowest BCUT2D eigenvalue weighted by atomic mass is 10.1. The molecule has 0 saturated carbocycles. The molecule has 3 rings (SSSR count). The number of aromatic nitrogens is 2. The third-order valence-corrected chi connectivity index (χ3v) is 6.57. The van der Waals surface area contributed by atoms with Crippen LogP contribution in [0, 0.1) is 6.92 Å². The molecule has 10 heteroatoms. The van der Waals surface area contributed by atoms with Crippen molar-refractivity contribution in [3.63, 3.8) is 0 Å². The summed E-state index contributed by atoms with van der Waals surface area (Å²) in [6.07, 6.45) is 1.51. The lowest BCUT2D eigenvalue weighted by Gasteiger charge is -2.16. The zero-order valence-electron chi connectivity index (χ0n) is 19.8. The van der Waals surface area contributed by atoms with E-state index in [4.69, 9.17) is 9.47 Å². The van der Waals surface area contributed by atoms with E-state index in [1.807, 2.05) is 14.1 Å². The Kier molecular flexibility index (Phi) is 8.19. The summed E-state index contributed by atoms with van der Waals surface area (Å²) in [4.78, 5) is 23.6. The first-order valence-electron chi connectivity index (χ1n) is 10.4. The maximum absolute atomic E-state index is 13.5. The molecule has 1 atom stereocenters. The van der Waals surface area contributed by atoms with Gasteiger partial charge >= 0.3 is 0 Å². The molecule has 0 aliphatic heterocycles. The minimum absolute atomic E-state index is 0.0975. The minimum Gasteiger partial charge on any atom is -0.497 e. The zero-order chi connectivity index (χ0) is 24.8. The zero-order valence-corrected chi connectivity index (χ0v) is 20.6. The van der Waals surface area contributed by atoms with Gasteiger partial charge in [0.25, 0.3) is 5.91 Å². The SMILES string of the molecule is COc1ccc(CS(=O)c2nc(N(C)C)ccc2C(=O)Nc2ccnc(CO)c2C)c(OC)c1. The van der Waals surface area contributed by atoms with Gasteiger partial charge in [-0.05, 0) is 36.8 Å². The number of hydrogen-bond acceptors (Lipinski definition) is 8. The van der Waals surface area contributed by atoms with Crippen molar-refractivity contribution in [2.24, 2.45) is 0 Å². The Bertz CT molecular complexity index is 1220. The quantitative estimate of drug-likeness (QED) is 0.477. The average molecular weight is 485 g/mol. The molecule has 0 saturated heterocycles. The number of amides is 1. The monoisotopic (exact) mass is 484 g/mol. The van der Waals surface area contributed by atoms with Crippen molar-refractivity contribution in [2.45, 2.75) is 24.3 Å². The normalized spacial score (nSPS) is 11.6. The molecule has 2 N–H and O–H groups in total. The first-order chi connectivity index (χ1) is 16.3. The molecule has 0 fully saturated rings. The summed E-state index contributed by atoms with van der Waals surface area (Å²) >= 11 is 0. The summed E-state index contributed by atoms with van der Waals surface area (Å²) in [5.41, 5.74) is 2.52. The number of aliphatic hydroxyl groups excluding tert-OH is 1. The topological polar surface area (TPSA) is 114 Å². The number of carbonyl (C=O) groups excluding carboxylic acids is 1. The van der Waals surface area contributed by atoms with Crippen LogP contribution in [-0.2, 0) is 23.2 Å². The number of ether oxygens (including phenoxy) is 2. The largest absolute Gasteiger partial charge is 0.497 e. The summed E-state index contributed by atoms with van der Waals surface area (Å²) in [7, 11) is 5.07. The van der Waals surface area contributed by atoms with Gasteiger partial charge in [0.05, 0.1) is 48.6 Å². The molecule has 0 aliphatic carbocycles. The smallest absolute Gasteiger partial charge is 0.258 e. The predicted octanol–water partition coefficient (Wildman–Crippen LogP) is 2.92. The van der Waals surface area contributed by atoms with E-state index in [0.717, 1.165) is 0 Å². The Morgan fingerprint density at radius 1 is 1.15 bits per heavy atom. The Morgan fingerprint density at radius 3 is 2.56 bits per heavy atom. The van der Waals surface area contributed by atoms with Crippen LogP contribution in [0.15, 0.2) is 47.6 Å². The summed E-state index contributed by atoms with van der Waals surface area (Å²) in [6, 6.07) is 10.2. The van der Waals surface area contributed by atoms with Gasteiger partial charge in [0, 0.05) is 37.6 Å². The van der Waals surface area contributed by atoms with Crippen LogP contribution in [0.1, 0.15) is 27.2 Å². The third-order valence-electron chi connectivity index (χ3n) is 5.25. The van der Waals surface area contributed by atoms with Crippen molar-refractivity contribution in [2.75, 3.05) is 38.5 Å². The van der Waals surface area contributed by atoms with Crippen LogP contribution >= 0.6 is 0 Å². The fourth-order valence-corrected chi connectivity index (χ4v) is 4.53. The molecular formula is C24H28N4O5S.